The molecular formula is C13H9Br2ClO. The zero-order valence-corrected chi connectivity index (χ0v) is 12.6. The molecule has 4 heteroatoms. The maximum absolute atomic E-state index is 10.3. The first-order chi connectivity index (χ1) is 8.08. The molecule has 0 saturated heterocycles. The second kappa shape index (κ2) is 5.53. The van der Waals surface area contributed by atoms with Crippen LogP contribution in [0.15, 0.2) is 51.4 Å². The monoisotopic (exact) mass is 374 g/mol. The third kappa shape index (κ3) is 3.10. The van der Waals surface area contributed by atoms with E-state index in [1.54, 1.807) is 6.07 Å². The maximum atomic E-state index is 10.3. The molecule has 0 heterocycles. The van der Waals surface area contributed by atoms with Gasteiger partial charge in [0.25, 0.3) is 0 Å². The van der Waals surface area contributed by atoms with Crippen LogP contribution in [-0.2, 0) is 0 Å². The molecule has 1 unspecified atom stereocenters. The zero-order chi connectivity index (χ0) is 12.4. The van der Waals surface area contributed by atoms with Gasteiger partial charge in [0, 0.05) is 19.5 Å². The summed E-state index contributed by atoms with van der Waals surface area (Å²) < 4.78 is 1.82. The summed E-state index contributed by atoms with van der Waals surface area (Å²) in [6.45, 7) is 0. The minimum Gasteiger partial charge on any atom is -0.384 e. The second-order valence-electron chi connectivity index (χ2n) is 3.63. The van der Waals surface area contributed by atoms with E-state index in [9.17, 15) is 5.11 Å². The van der Waals surface area contributed by atoms with Crippen molar-refractivity contribution in [3.63, 3.8) is 0 Å². The average Bonchev–Trinajstić information content (AvgIpc) is 2.27. The summed E-state index contributed by atoms with van der Waals surface area (Å²) in [6, 6.07) is 13.0. The SMILES string of the molecule is OC(c1cc(Br)cc(Br)c1)c1ccccc1Cl. The lowest BCUT2D eigenvalue weighted by Gasteiger charge is -2.13. The molecule has 1 N–H and O–H groups in total. The smallest absolute Gasteiger partial charge is 0.106 e. The molecule has 0 aliphatic rings. The van der Waals surface area contributed by atoms with Crippen LogP contribution in [0, 0.1) is 0 Å². The molecule has 0 aromatic heterocycles. The Morgan fingerprint density at radius 1 is 1.00 bits per heavy atom. The van der Waals surface area contributed by atoms with Gasteiger partial charge in [-0.25, -0.2) is 0 Å². The fraction of sp³-hybridized carbons (Fsp3) is 0.0769. The Morgan fingerprint density at radius 2 is 1.59 bits per heavy atom. The molecule has 17 heavy (non-hydrogen) atoms. The van der Waals surface area contributed by atoms with Crippen molar-refractivity contribution < 1.29 is 5.11 Å². The van der Waals surface area contributed by atoms with Crippen LogP contribution in [0.4, 0.5) is 0 Å². The molecule has 1 atom stereocenters. The van der Waals surface area contributed by atoms with Gasteiger partial charge in [-0.15, -0.1) is 0 Å². The van der Waals surface area contributed by atoms with E-state index >= 15 is 0 Å². The summed E-state index contributed by atoms with van der Waals surface area (Å²) in [4.78, 5) is 0. The number of rotatable bonds is 2. The molecule has 0 amide bonds. The van der Waals surface area contributed by atoms with E-state index in [-0.39, 0.29) is 0 Å². The quantitative estimate of drug-likeness (QED) is 0.787. The van der Waals surface area contributed by atoms with Gasteiger partial charge in [0.1, 0.15) is 6.10 Å². The van der Waals surface area contributed by atoms with Crippen LogP contribution in [-0.4, -0.2) is 5.11 Å². The topological polar surface area (TPSA) is 20.2 Å². The Hall–Kier alpha value is -0.350. The van der Waals surface area contributed by atoms with E-state index in [1.807, 2.05) is 36.4 Å². The first kappa shape index (κ1) is 13.1. The number of hydrogen-bond donors (Lipinski definition) is 1. The van der Waals surface area contributed by atoms with Crippen LogP contribution in [0.25, 0.3) is 0 Å². The highest BCUT2D eigenvalue weighted by molar-refractivity contribution is 9.11. The first-order valence-electron chi connectivity index (χ1n) is 4.96. The Bertz CT molecular complexity index is 522. The van der Waals surface area contributed by atoms with E-state index in [0.29, 0.717) is 10.6 Å². The lowest BCUT2D eigenvalue weighted by Crippen LogP contribution is -2.00. The van der Waals surface area contributed by atoms with Crippen LogP contribution < -0.4 is 0 Å². The summed E-state index contributed by atoms with van der Waals surface area (Å²) in [5.74, 6) is 0. The Labute approximate surface area is 122 Å². The molecule has 0 radical (unpaired) electrons. The highest BCUT2D eigenvalue weighted by Crippen LogP contribution is 2.31. The van der Waals surface area contributed by atoms with Gasteiger partial charge in [0.15, 0.2) is 0 Å². The van der Waals surface area contributed by atoms with Crippen molar-refractivity contribution in [2.24, 2.45) is 0 Å². The zero-order valence-electron chi connectivity index (χ0n) is 8.70. The molecule has 0 saturated carbocycles. The molecule has 2 aromatic carbocycles. The highest BCUT2D eigenvalue weighted by atomic mass is 79.9. The fourth-order valence-corrected chi connectivity index (χ4v) is 3.18. The van der Waals surface area contributed by atoms with Gasteiger partial charge in [0.05, 0.1) is 0 Å². The van der Waals surface area contributed by atoms with Gasteiger partial charge in [-0.2, -0.15) is 0 Å². The minimum absolute atomic E-state index is 0.566. The largest absolute Gasteiger partial charge is 0.384 e. The normalized spacial score (nSPS) is 12.5. The van der Waals surface area contributed by atoms with E-state index < -0.39 is 6.10 Å². The highest BCUT2D eigenvalue weighted by Gasteiger charge is 2.14. The summed E-state index contributed by atoms with van der Waals surface area (Å²) in [6.07, 6.45) is -0.725. The molecule has 0 aliphatic heterocycles. The Morgan fingerprint density at radius 3 is 2.18 bits per heavy atom. The molecule has 88 valence electrons. The molecule has 0 spiro atoms. The number of aliphatic hydroxyl groups is 1. The molecule has 1 nitrogen and oxygen atoms in total. The first-order valence-corrected chi connectivity index (χ1v) is 6.93. The predicted octanol–water partition coefficient (Wildman–Crippen LogP) is 4.95. The van der Waals surface area contributed by atoms with E-state index in [2.05, 4.69) is 31.9 Å². The van der Waals surface area contributed by atoms with Crippen molar-refractivity contribution >= 4 is 43.5 Å². The van der Waals surface area contributed by atoms with Crippen molar-refractivity contribution in [1.29, 1.82) is 0 Å². The number of halogens is 3. The second-order valence-corrected chi connectivity index (χ2v) is 5.87. The molecular weight excluding hydrogens is 367 g/mol. The average molecular weight is 376 g/mol. The third-order valence-electron chi connectivity index (χ3n) is 2.40. The van der Waals surface area contributed by atoms with Crippen LogP contribution in [0.2, 0.25) is 5.02 Å². The van der Waals surface area contributed by atoms with Gasteiger partial charge in [-0.05, 0) is 29.8 Å². The summed E-state index contributed by atoms with van der Waals surface area (Å²) in [5, 5.41) is 10.9. The van der Waals surface area contributed by atoms with Crippen LogP contribution in [0.3, 0.4) is 0 Å². The number of hydrogen-bond acceptors (Lipinski definition) is 1. The summed E-state index contributed by atoms with van der Waals surface area (Å²) >= 11 is 12.9. The van der Waals surface area contributed by atoms with Crippen molar-refractivity contribution in [1.82, 2.24) is 0 Å². The Balaban J connectivity index is 2.43. The standard InChI is InChI=1S/C13H9Br2ClO/c14-9-5-8(6-10(15)7-9)13(17)11-3-1-2-4-12(11)16/h1-7,13,17H. The Kier molecular flexibility index (Phi) is 4.26. The lowest BCUT2D eigenvalue weighted by molar-refractivity contribution is 0.220. The van der Waals surface area contributed by atoms with Gasteiger partial charge in [-0.3, -0.25) is 0 Å². The fourth-order valence-electron chi connectivity index (χ4n) is 1.61. The van der Waals surface area contributed by atoms with Crippen LogP contribution >= 0.6 is 43.5 Å². The summed E-state index contributed by atoms with van der Waals surface area (Å²) in [7, 11) is 0. The predicted molar refractivity (Wildman–Crippen MR) is 77.4 cm³/mol. The van der Waals surface area contributed by atoms with Gasteiger partial charge in [0.2, 0.25) is 0 Å². The number of benzene rings is 2. The molecule has 0 fully saturated rings. The molecule has 0 bridgehead atoms. The van der Waals surface area contributed by atoms with Crippen molar-refractivity contribution in [2.45, 2.75) is 6.10 Å². The van der Waals surface area contributed by atoms with Crippen molar-refractivity contribution in [3.8, 4) is 0 Å². The minimum atomic E-state index is -0.725. The van der Waals surface area contributed by atoms with E-state index in [4.69, 9.17) is 11.6 Å². The summed E-state index contributed by atoms with van der Waals surface area (Å²) in [5.41, 5.74) is 1.50. The van der Waals surface area contributed by atoms with Gasteiger partial charge < -0.3 is 5.11 Å². The molecule has 0 aliphatic carbocycles. The van der Waals surface area contributed by atoms with Crippen molar-refractivity contribution in [3.05, 3.63) is 67.6 Å². The lowest BCUT2D eigenvalue weighted by atomic mass is 10.0. The van der Waals surface area contributed by atoms with E-state index in [1.165, 1.54) is 0 Å². The van der Waals surface area contributed by atoms with E-state index in [0.717, 1.165) is 14.5 Å². The maximum Gasteiger partial charge on any atom is 0.106 e. The molecule has 2 aromatic rings. The van der Waals surface area contributed by atoms with Crippen LogP contribution in [0.1, 0.15) is 17.2 Å². The number of aliphatic hydroxyl groups excluding tert-OH is 1. The van der Waals surface area contributed by atoms with Gasteiger partial charge >= 0.3 is 0 Å². The third-order valence-corrected chi connectivity index (χ3v) is 3.66. The van der Waals surface area contributed by atoms with Gasteiger partial charge in [-0.1, -0.05) is 61.7 Å². The molecule has 2 rings (SSSR count). The van der Waals surface area contributed by atoms with Crippen molar-refractivity contribution in [2.75, 3.05) is 0 Å². The van der Waals surface area contributed by atoms with Crippen LogP contribution in [0.5, 0.6) is 0 Å².